The fourth-order valence-electron chi connectivity index (χ4n) is 4.78. The Hall–Kier alpha value is -3.85. The highest BCUT2D eigenvalue weighted by molar-refractivity contribution is 5.95. The lowest BCUT2D eigenvalue weighted by Crippen LogP contribution is -2.41. The average molecular weight is 505 g/mol. The lowest BCUT2D eigenvalue weighted by molar-refractivity contribution is 0.0732. The average Bonchev–Trinajstić information content (AvgIpc) is 2.96. The van der Waals surface area contributed by atoms with Gasteiger partial charge in [-0.05, 0) is 29.8 Å². The van der Waals surface area contributed by atoms with Gasteiger partial charge in [-0.25, -0.2) is 9.97 Å². The number of fused-ring (bicyclic) bond motifs is 1. The Morgan fingerprint density at radius 3 is 2.22 bits per heavy atom. The summed E-state index contributed by atoms with van der Waals surface area (Å²) in [5.41, 5.74) is 3.67. The summed E-state index contributed by atoms with van der Waals surface area (Å²) >= 11 is 0. The molecule has 0 radical (unpaired) electrons. The van der Waals surface area contributed by atoms with Gasteiger partial charge in [0.15, 0.2) is 0 Å². The lowest BCUT2D eigenvalue weighted by atomic mass is 10.0. The highest BCUT2D eigenvalue weighted by Crippen LogP contribution is 2.30. The predicted molar refractivity (Wildman–Crippen MR) is 139 cm³/mol. The maximum Gasteiger partial charge on any atom is 0.254 e. The van der Waals surface area contributed by atoms with Crippen LogP contribution in [0.3, 0.4) is 0 Å². The zero-order valence-corrected chi connectivity index (χ0v) is 21.5. The molecule has 194 valence electrons. The summed E-state index contributed by atoms with van der Waals surface area (Å²) in [5.74, 6) is 3.60. The van der Waals surface area contributed by atoms with E-state index in [0.717, 1.165) is 47.3 Å². The smallest absolute Gasteiger partial charge is 0.254 e. The van der Waals surface area contributed by atoms with Gasteiger partial charge in [-0.1, -0.05) is 12.1 Å². The number of nitrogens with zero attached hydrogens (tertiary/aromatic N) is 4. The van der Waals surface area contributed by atoms with Crippen molar-refractivity contribution < 1.29 is 23.7 Å². The van der Waals surface area contributed by atoms with Gasteiger partial charge in [-0.3, -0.25) is 4.79 Å². The molecule has 1 fully saturated rings. The summed E-state index contributed by atoms with van der Waals surface area (Å²) in [5, 5.41) is 0. The molecule has 0 atom stereocenters. The second-order valence-electron chi connectivity index (χ2n) is 9.09. The number of rotatable bonds is 7. The molecule has 0 saturated carbocycles. The largest absolute Gasteiger partial charge is 0.497 e. The number of hydrogen-bond acceptors (Lipinski definition) is 8. The number of carbonyl (C=O) groups is 1. The van der Waals surface area contributed by atoms with Crippen LogP contribution in [-0.4, -0.2) is 75.0 Å². The van der Waals surface area contributed by atoms with Gasteiger partial charge in [-0.2, -0.15) is 0 Å². The first-order chi connectivity index (χ1) is 18.1. The van der Waals surface area contributed by atoms with Crippen molar-refractivity contribution >= 4 is 11.7 Å². The quantitative estimate of drug-likeness (QED) is 0.485. The van der Waals surface area contributed by atoms with Crippen LogP contribution in [0.25, 0.3) is 0 Å². The van der Waals surface area contributed by atoms with Gasteiger partial charge in [0.2, 0.25) is 0 Å². The highest BCUT2D eigenvalue weighted by Gasteiger charge is 2.29. The van der Waals surface area contributed by atoms with Crippen LogP contribution < -0.4 is 19.1 Å². The van der Waals surface area contributed by atoms with Gasteiger partial charge in [-0.15, -0.1) is 0 Å². The zero-order chi connectivity index (χ0) is 25.8. The normalized spacial score (nSPS) is 15.2. The third-order valence-electron chi connectivity index (χ3n) is 6.80. The summed E-state index contributed by atoms with van der Waals surface area (Å²) in [7, 11) is 4.82. The van der Waals surface area contributed by atoms with Crippen molar-refractivity contribution in [2.24, 2.45) is 0 Å². The van der Waals surface area contributed by atoms with Crippen molar-refractivity contribution in [3.05, 3.63) is 70.7 Å². The number of morpholine rings is 1. The van der Waals surface area contributed by atoms with E-state index in [2.05, 4.69) is 4.90 Å². The minimum atomic E-state index is -0.0712. The molecule has 9 heteroatoms. The van der Waals surface area contributed by atoms with Crippen LogP contribution >= 0.6 is 0 Å². The van der Waals surface area contributed by atoms with E-state index < -0.39 is 0 Å². The topological polar surface area (TPSA) is 86.3 Å². The van der Waals surface area contributed by atoms with E-state index in [4.69, 9.17) is 28.9 Å². The standard InChI is InChI=1S/C28H32N4O5/c1-34-21-6-4-19(5-7-21)14-26-29-25-8-9-32(18-24(25)27(30-26)31-10-12-37-13-11-31)28(33)20-15-22(35-2)17-23(16-20)36-3/h4-7,15-17H,8-14,18H2,1-3H3. The molecule has 2 aliphatic rings. The van der Waals surface area contributed by atoms with Crippen LogP contribution in [-0.2, 0) is 24.1 Å². The number of amides is 1. The Morgan fingerprint density at radius 2 is 1.57 bits per heavy atom. The monoisotopic (exact) mass is 504 g/mol. The summed E-state index contributed by atoms with van der Waals surface area (Å²) in [6.07, 6.45) is 1.29. The molecule has 2 aliphatic heterocycles. The van der Waals surface area contributed by atoms with E-state index in [1.165, 1.54) is 0 Å². The second-order valence-corrected chi connectivity index (χ2v) is 9.09. The van der Waals surface area contributed by atoms with Crippen LogP contribution in [0.1, 0.15) is 33.0 Å². The number of hydrogen-bond donors (Lipinski definition) is 0. The summed E-state index contributed by atoms with van der Waals surface area (Å²) in [4.78, 5) is 27.6. The van der Waals surface area contributed by atoms with Crippen LogP contribution in [0.15, 0.2) is 42.5 Å². The van der Waals surface area contributed by atoms with Crippen molar-refractivity contribution in [3.63, 3.8) is 0 Å². The van der Waals surface area contributed by atoms with E-state index in [9.17, 15) is 4.79 Å². The van der Waals surface area contributed by atoms with Gasteiger partial charge in [0.25, 0.3) is 5.91 Å². The number of methoxy groups -OCH3 is 3. The van der Waals surface area contributed by atoms with Crippen LogP contribution in [0.4, 0.5) is 5.82 Å². The third kappa shape index (κ3) is 5.46. The Morgan fingerprint density at radius 1 is 0.892 bits per heavy atom. The fraction of sp³-hybridized carbons (Fsp3) is 0.393. The Labute approximate surface area is 216 Å². The molecule has 0 aliphatic carbocycles. The van der Waals surface area contributed by atoms with Crippen molar-refractivity contribution in [2.45, 2.75) is 19.4 Å². The van der Waals surface area contributed by atoms with Crippen molar-refractivity contribution in [3.8, 4) is 17.2 Å². The number of ether oxygens (including phenoxy) is 4. The molecular formula is C28H32N4O5. The molecule has 2 aromatic carbocycles. The number of aromatic nitrogens is 2. The Balaban J connectivity index is 1.45. The van der Waals surface area contributed by atoms with Gasteiger partial charge in [0.1, 0.15) is 28.9 Å². The van der Waals surface area contributed by atoms with Crippen molar-refractivity contribution in [1.29, 1.82) is 0 Å². The molecule has 9 nitrogen and oxygen atoms in total. The number of anilines is 1. The highest BCUT2D eigenvalue weighted by atomic mass is 16.5. The Bertz CT molecular complexity index is 1240. The van der Waals surface area contributed by atoms with Crippen LogP contribution in [0.5, 0.6) is 17.2 Å². The predicted octanol–water partition coefficient (Wildman–Crippen LogP) is 3.13. The maximum absolute atomic E-state index is 13.5. The van der Waals surface area contributed by atoms with Gasteiger partial charge >= 0.3 is 0 Å². The molecule has 0 unspecified atom stereocenters. The molecule has 3 heterocycles. The second kappa shape index (κ2) is 11.0. The minimum absolute atomic E-state index is 0.0712. The van der Waals surface area contributed by atoms with Gasteiger partial charge in [0.05, 0.1) is 46.8 Å². The molecule has 1 saturated heterocycles. The first-order valence-electron chi connectivity index (χ1n) is 12.4. The molecule has 0 N–H and O–H groups in total. The van der Waals surface area contributed by atoms with Gasteiger partial charge in [0, 0.05) is 49.7 Å². The van der Waals surface area contributed by atoms with E-state index >= 15 is 0 Å². The molecule has 37 heavy (non-hydrogen) atoms. The summed E-state index contributed by atoms with van der Waals surface area (Å²) < 4.78 is 21.6. The lowest BCUT2D eigenvalue weighted by Gasteiger charge is -2.34. The molecule has 5 rings (SSSR count). The number of benzene rings is 2. The Kier molecular flexibility index (Phi) is 7.41. The first-order valence-corrected chi connectivity index (χ1v) is 12.4. The van der Waals surface area contributed by atoms with Crippen molar-refractivity contribution in [1.82, 2.24) is 14.9 Å². The zero-order valence-electron chi connectivity index (χ0n) is 21.5. The molecule has 1 amide bonds. The molecular weight excluding hydrogens is 472 g/mol. The van der Waals surface area contributed by atoms with Crippen LogP contribution in [0.2, 0.25) is 0 Å². The van der Waals surface area contributed by atoms with Crippen LogP contribution in [0, 0.1) is 0 Å². The minimum Gasteiger partial charge on any atom is -0.497 e. The van der Waals surface area contributed by atoms with Gasteiger partial charge < -0.3 is 28.7 Å². The fourth-order valence-corrected chi connectivity index (χ4v) is 4.78. The molecule has 3 aromatic rings. The van der Waals surface area contributed by atoms with E-state index in [1.54, 1.807) is 39.5 Å². The summed E-state index contributed by atoms with van der Waals surface area (Å²) in [6.45, 7) is 3.84. The molecule has 1 aromatic heterocycles. The van der Waals surface area contributed by atoms with Crippen molar-refractivity contribution in [2.75, 3.05) is 59.1 Å². The first kappa shape index (κ1) is 24.8. The SMILES string of the molecule is COc1ccc(Cc2nc3c(c(N4CCOCC4)n2)CN(C(=O)c2cc(OC)cc(OC)c2)CC3)cc1. The maximum atomic E-state index is 13.5. The van der Waals surface area contributed by atoms with E-state index in [1.807, 2.05) is 29.2 Å². The number of carbonyl (C=O) groups excluding carboxylic acids is 1. The molecule has 0 bridgehead atoms. The molecule has 0 spiro atoms. The third-order valence-corrected chi connectivity index (χ3v) is 6.80. The van der Waals surface area contributed by atoms with E-state index in [0.29, 0.717) is 56.2 Å². The summed E-state index contributed by atoms with van der Waals surface area (Å²) in [6, 6.07) is 13.2. The van der Waals surface area contributed by atoms with E-state index in [-0.39, 0.29) is 5.91 Å².